The first-order valence-electron chi connectivity index (χ1n) is 5.42. The van der Waals surface area contributed by atoms with Crippen LogP contribution in [0.15, 0.2) is 66.5 Å². The Morgan fingerprint density at radius 3 is 1.85 bits per heavy atom. The third-order valence-electron chi connectivity index (χ3n) is 1.79. The van der Waals surface area contributed by atoms with Gasteiger partial charge >= 0.3 is 46.6 Å². The van der Waals surface area contributed by atoms with Gasteiger partial charge < -0.3 is 21.4 Å². The normalized spacial score (nSPS) is 11.6. The summed E-state index contributed by atoms with van der Waals surface area (Å²) in [5.74, 6) is -0.713. The molecule has 4 nitrogen and oxygen atoms in total. The maximum Gasteiger partial charge on any atom is 2.00 e. The van der Waals surface area contributed by atoms with Gasteiger partial charge in [-0.2, -0.15) is 18.2 Å². The zero-order valence-electron chi connectivity index (χ0n) is 11.6. The Bertz CT molecular complexity index is 382. The predicted octanol–water partition coefficient (Wildman–Crippen LogP) is -2.57. The second-order valence-corrected chi connectivity index (χ2v) is 3.45. The molecule has 3 N–H and O–H groups in total. The van der Waals surface area contributed by atoms with Crippen LogP contribution in [0.5, 0.6) is 0 Å². The Kier molecular flexibility index (Phi) is 19.9. The summed E-state index contributed by atoms with van der Waals surface area (Å²) in [5.41, 5.74) is 5.65. The molecular weight excluding hydrogens is 307 g/mol. The Morgan fingerprint density at radius 2 is 1.70 bits per heavy atom. The fourth-order valence-electron chi connectivity index (χ4n) is 0.788. The first-order chi connectivity index (χ1) is 8.57. The molecule has 1 atom stereocenters. The topological polar surface area (TPSA) is 96.0 Å². The van der Waals surface area contributed by atoms with Crippen molar-refractivity contribution in [3.05, 3.63) is 66.5 Å². The summed E-state index contributed by atoms with van der Waals surface area (Å²) in [6.07, 6.45) is 8.05. The van der Waals surface area contributed by atoms with Crippen molar-refractivity contribution in [2.75, 3.05) is 0 Å². The maximum atomic E-state index is 9.87. The predicted molar refractivity (Wildman–Crippen MR) is 69.8 cm³/mol. The number of hydrogen-bond acceptors (Lipinski definition) is 4. The molecule has 2 rings (SSSR count). The van der Waals surface area contributed by atoms with E-state index in [1.165, 1.54) is 6.92 Å². The second kappa shape index (κ2) is 16.4. The molecule has 0 heterocycles. The van der Waals surface area contributed by atoms with Gasteiger partial charge in [0.1, 0.15) is 0 Å². The van der Waals surface area contributed by atoms with Gasteiger partial charge in [0.05, 0.1) is 0 Å². The van der Waals surface area contributed by atoms with Crippen LogP contribution in [0, 0.1) is 5.41 Å². The van der Waals surface area contributed by atoms with Crippen molar-refractivity contribution in [2.24, 2.45) is 5.73 Å². The minimum Gasteiger partial charge on any atom is -0.877 e. The van der Waals surface area contributed by atoms with Crippen LogP contribution in [0.25, 0.3) is 0 Å². The molecule has 0 aliphatic heterocycles. The molecule has 0 radical (unpaired) electrons. The molecule has 0 fully saturated rings. The van der Waals surface area contributed by atoms with E-state index in [9.17, 15) is 10.2 Å². The van der Waals surface area contributed by atoms with E-state index < -0.39 is 11.9 Å². The summed E-state index contributed by atoms with van der Waals surface area (Å²) in [6, 6.07) is 9.38. The fourth-order valence-corrected chi connectivity index (χ4v) is 0.788. The molecule has 0 aromatic heterocycles. The van der Waals surface area contributed by atoms with Crippen molar-refractivity contribution >= 4 is 5.90 Å². The van der Waals surface area contributed by atoms with E-state index in [0.717, 1.165) is 11.8 Å². The van der Waals surface area contributed by atoms with Gasteiger partial charge in [0.25, 0.3) is 0 Å². The second-order valence-electron chi connectivity index (χ2n) is 3.45. The standard InChI is InChI=1S/C6H6O.C5H5.C3H8N2O.Fe.Na/c7-5-6-3-1-2-4-6;1-2-4-5-3-1;1-2(4)3(5)6;;/h1-5,7H;1-5H;2H,4H2,1H3,(H2,5,6);;/q;-1;;+2;+1/p-2/t;;2-;;/m..0../s1. The van der Waals surface area contributed by atoms with Crippen molar-refractivity contribution in [3.8, 4) is 0 Å². The largest absolute Gasteiger partial charge is 2.00 e. The monoisotopic (exact) mass is 324 g/mol. The zero-order chi connectivity index (χ0) is 13.8. The molecule has 0 amide bonds. The summed E-state index contributed by atoms with van der Waals surface area (Å²) in [6.45, 7) is 1.48. The van der Waals surface area contributed by atoms with Gasteiger partial charge in [-0.3, -0.25) is 0 Å². The Balaban J connectivity index is -0.000000209. The Labute approximate surface area is 152 Å². The molecule has 1 aromatic carbocycles. The third kappa shape index (κ3) is 15.4. The van der Waals surface area contributed by atoms with Crippen LogP contribution < -0.4 is 45.5 Å². The molecule has 20 heavy (non-hydrogen) atoms. The molecule has 0 bridgehead atoms. The van der Waals surface area contributed by atoms with Crippen LogP contribution in [0.1, 0.15) is 6.92 Å². The van der Waals surface area contributed by atoms with Crippen molar-refractivity contribution in [3.63, 3.8) is 0 Å². The summed E-state index contributed by atoms with van der Waals surface area (Å²) in [7, 11) is 0. The first kappa shape index (κ1) is 24.3. The van der Waals surface area contributed by atoms with Gasteiger partial charge in [-0.05, 0) is 18.4 Å². The summed E-state index contributed by atoms with van der Waals surface area (Å²) >= 11 is 0. The number of allylic oxidation sites excluding steroid dienone is 5. The van der Waals surface area contributed by atoms with Gasteiger partial charge in [0.15, 0.2) is 0 Å². The van der Waals surface area contributed by atoms with Gasteiger partial charge in [-0.1, -0.05) is 24.3 Å². The smallest absolute Gasteiger partial charge is 0.877 e. The summed E-state index contributed by atoms with van der Waals surface area (Å²) in [4.78, 5) is 0. The van der Waals surface area contributed by atoms with Crippen LogP contribution >= 0.6 is 0 Å². The van der Waals surface area contributed by atoms with E-state index in [2.05, 4.69) is 0 Å². The molecule has 1 aromatic rings. The van der Waals surface area contributed by atoms with E-state index >= 15 is 0 Å². The van der Waals surface area contributed by atoms with Crippen LogP contribution in [-0.2, 0) is 17.1 Å². The van der Waals surface area contributed by atoms with E-state index in [4.69, 9.17) is 11.1 Å². The Hall–Kier alpha value is -0.681. The summed E-state index contributed by atoms with van der Waals surface area (Å²) < 4.78 is 0. The average molecular weight is 324 g/mol. The maximum absolute atomic E-state index is 9.87. The quantitative estimate of drug-likeness (QED) is 0.195. The van der Waals surface area contributed by atoms with E-state index in [-0.39, 0.29) is 46.6 Å². The number of hydrogen-bond donors (Lipinski definition) is 2. The van der Waals surface area contributed by atoms with Gasteiger partial charge in [-0.25, -0.2) is 12.1 Å². The SMILES string of the molecule is C[C@H](N)C(=N)[O-].[Fe+2].[Na+].[O-]C=C1C=CC=C1.c1cc[cH-]c1. The van der Waals surface area contributed by atoms with E-state index in [1.807, 2.05) is 42.5 Å². The van der Waals surface area contributed by atoms with Gasteiger partial charge in [0.2, 0.25) is 0 Å². The van der Waals surface area contributed by atoms with Crippen LogP contribution in [0.4, 0.5) is 0 Å². The molecule has 104 valence electrons. The van der Waals surface area contributed by atoms with Crippen LogP contribution in [0.2, 0.25) is 0 Å². The first-order valence-corrected chi connectivity index (χ1v) is 5.42. The zero-order valence-corrected chi connectivity index (χ0v) is 14.7. The molecule has 0 saturated carbocycles. The third-order valence-corrected chi connectivity index (χ3v) is 1.79. The summed E-state index contributed by atoms with van der Waals surface area (Å²) in [5, 5.41) is 25.8. The van der Waals surface area contributed by atoms with Gasteiger partial charge in [-0.15, -0.1) is 6.26 Å². The molecular formula is C14H17FeN2NaO2. The molecule has 0 spiro atoms. The van der Waals surface area contributed by atoms with Crippen molar-refractivity contribution in [1.29, 1.82) is 5.41 Å². The van der Waals surface area contributed by atoms with Crippen molar-refractivity contribution in [2.45, 2.75) is 13.0 Å². The average Bonchev–Trinajstić information content (AvgIpc) is 3.06. The number of rotatable bonds is 1. The molecule has 1 aliphatic carbocycles. The minimum atomic E-state index is -0.713. The minimum absolute atomic E-state index is 0. The Morgan fingerprint density at radius 1 is 1.30 bits per heavy atom. The van der Waals surface area contributed by atoms with Crippen molar-refractivity contribution < 1.29 is 56.8 Å². The number of nitrogens with two attached hydrogens (primary N) is 1. The molecule has 1 aliphatic rings. The molecule has 6 heteroatoms. The molecule has 0 unspecified atom stereocenters. The molecule has 0 saturated heterocycles. The number of nitrogens with one attached hydrogen (secondary N) is 1. The van der Waals surface area contributed by atoms with E-state index in [1.54, 1.807) is 12.2 Å². The fraction of sp³-hybridized carbons (Fsp3) is 0.143. The van der Waals surface area contributed by atoms with Crippen LogP contribution in [-0.4, -0.2) is 11.9 Å². The van der Waals surface area contributed by atoms with Crippen molar-refractivity contribution in [1.82, 2.24) is 0 Å². The van der Waals surface area contributed by atoms with Gasteiger partial charge in [0, 0.05) is 6.04 Å². The van der Waals surface area contributed by atoms with Crippen LogP contribution in [0.3, 0.4) is 0 Å². The van der Waals surface area contributed by atoms with E-state index in [0.29, 0.717) is 0 Å².